The first-order valence-electron chi connectivity index (χ1n) is 8.35. The maximum atomic E-state index is 12.6. The number of carbonyl (C=O) groups excluding carboxylic acids is 1. The number of hydrogen-bond donors (Lipinski definition) is 2. The van der Waals surface area contributed by atoms with Gasteiger partial charge in [-0.1, -0.05) is 18.2 Å². The van der Waals surface area contributed by atoms with Gasteiger partial charge in [0.15, 0.2) is 5.75 Å². The van der Waals surface area contributed by atoms with E-state index in [1.54, 1.807) is 29.5 Å². The molecule has 0 bridgehead atoms. The Kier molecular flexibility index (Phi) is 4.40. The number of aromatic amines is 1. The number of amides is 1. The van der Waals surface area contributed by atoms with Gasteiger partial charge < -0.3 is 14.8 Å². The first-order chi connectivity index (χ1) is 12.7. The Balaban J connectivity index is 1.44. The van der Waals surface area contributed by atoms with E-state index in [0.29, 0.717) is 24.5 Å². The number of rotatable bonds is 5. The largest absolute Gasteiger partial charge is 0.482 e. The Labute approximate surface area is 150 Å². The molecule has 1 fully saturated rings. The van der Waals surface area contributed by atoms with Gasteiger partial charge in [0.2, 0.25) is 0 Å². The van der Waals surface area contributed by atoms with Crippen molar-refractivity contribution < 1.29 is 14.3 Å². The summed E-state index contributed by atoms with van der Waals surface area (Å²) in [5.74, 6) is 0.410. The Morgan fingerprint density at radius 3 is 3.04 bits per heavy atom. The highest BCUT2D eigenvalue weighted by Crippen LogP contribution is 2.17. The highest BCUT2D eigenvalue weighted by Gasteiger charge is 2.32. The van der Waals surface area contributed by atoms with Gasteiger partial charge in [0.05, 0.1) is 49.1 Å². The van der Waals surface area contributed by atoms with Crippen LogP contribution in [-0.2, 0) is 4.74 Å². The molecule has 1 amide bonds. The second-order valence-electron chi connectivity index (χ2n) is 6.17. The molecule has 2 atom stereocenters. The number of para-hydroxylation sites is 1. The van der Waals surface area contributed by atoms with Crippen molar-refractivity contribution in [2.75, 3.05) is 13.2 Å². The standard InChI is InChI=1S/C18H19N5O3/c1-12-4-2-3-5-16(12)23-9-13(6-21-23)18(24)22-15-10-25-11-17(15)26-14-7-19-20-8-14/h2-9,15,17H,10-11H2,1H3,(H,19,20)(H,22,24)/t15-,17+/m0/s1. The summed E-state index contributed by atoms with van der Waals surface area (Å²) < 4.78 is 13.0. The summed E-state index contributed by atoms with van der Waals surface area (Å²) in [6.07, 6.45) is 6.26. The van der Waals surface area contributed by atoms with Crippen molar-refractivity contribution in [3.05, 3.63) is 60.2 Å². The molecule has 134 valence electrons. The van der Waals surface area contributed by atoms with Crippen LogP contribution in [0.5, 0.6) is 5.75 Å². The van der Waals surface area contributed by atoms with E-state index in [2.05, 4.69) is 20.6 Å². The normalized spacial score (nSPS) is 19.4. The van der Waals surface area contributed by atoms with Crippen LogP contribution in [0.2, 0.25) is 0 Å². The Morgan fingerprint density at radius 1 is 1.35 bits per heavy atom. The maximum Gasteiger partial charge on any atom is 0.254 e. The molecule has 4 rings (SSSR count). The van der Waals surface area contributed by atoms with Crippen molar-refractivity contribution in [3.63, 3.8) is 0 Å². The Hall–Kier alpha value is -3.13. The average Bonchev–Trinajstić information content (AvgIpc) is 3.38. The zero-order valence-electron chi connectivity index (χ0n) is 14.3. The van der Waals surface area contributed by atoms with Crippen molar-refractivity contribution >= 4 is 5.91 Å². The predicted molar refractivity (Wildman–Crippen MR) is 93.4 cm³/mol. The zero-order chi connectivity index (χ0) is 17.9. The van der Waals surface area contributed by atoms with Crippen molar-refractivity contribution in [2.45, 2.75) is 19.1 Å². The number of aryl methyl sites for hydroxylation is 1. The van der Waals surface area contributed by atoms with Crippen molar-refractivity contribution in [2.24, 2.45) is 0 Å². The lowest BCUT2D eigenvalue weighted by molar-refractivity contribution is 0.0904. The average molecular weight is 353 g/mol. The molecule has 8 heteroatoms. The smallest absolute Gasteiger partial charge is 0.254 e. The number of hydrogen-bond acceptors (Lipinski definition) is 5. The lowest BCUT2D eigenvalue weighted by atomic mass is 10.2. The summed E-state index contributed by atoms with van der Waals surface area (Å²) in [5, 5.41) is 13.8. The molecule has 26 heavy (non-hydrogen) atoms. The van der Waals surface area contributed by atoms with E-state index in [1.807, 2.05) is 31.2 Å². The number of nitrogens with zero attached hydrogens (tertiary/aromatic N) is 3. The Bertz CT molecular complexity index is 890. The van der Waals surface area contributed by atoms with E-state index >= 15 is 0 Å². The third-order valence-electron chi connectivity index (χ3n) is 4.31. The van der Waals surface area contributed by atoms with Crippen LogP contribution < -0.4 is 10.1 Å². The topological polar surface area (TPSA) is 94.1 Å². The van der Waals surface area contributed by atoms with Crippen molar-refractivity contribution in [3.8, 4) is 11.4 Å². The molecule has 1 saturated heterocycles. The van der Waals surface area contributed by atoms with Gasteiger partial charge in [-0.25, -0.2) is 4.68 Å². The summed E-state index contributed by atoms with van der Waals surface area (Å²) >= 11 is 0. The minimum Gasteiger partial charge on any atom is -0.482 e. The van der Waals surface area contributed by atoms with Crippen LogP contribution in [0, 0.1) is 6.92 Å². The molecule has 0 saturated carbocycles. The molecule has 3 aromatic rings. The number of ether oxygens (including phenoxy) is 2. The molecule has 0 radical (unpaired) electrons. The Morgan fingerprint density at radius 2 is 2.23 bits per heavy atom. The number of carbonyl (C=O) groups is 1. The van der Waals surface area contributed by atoms with E-state index in [-0.39, 0.29) is 18.1 Å². The summed E-state index contributed by atoms with van der Waals surface area (Å²) in [6.45, 7) is 2.82. The molecule has 2 N–H and O–H groups in total. The van der Waals surface area contributed by atoms with Gasteiger partial charge >= 0.3 is 0 Å². The minimum atomic E-state index is -0.261. The van der Waals surface area contributed by atoms with Crippen LogP contribution in [0.4, 0.5) is 0 Å². The highest BCUT2D eigenvalue weighted by molar-refractivity contribution is 5.94. The summed E-state index contributed by atoms with van der Waals surface area (Å²) in [5.41, 5.74) is 2.51. The van der Waals surface area contributed by atoms with Gasteiger partial charge in [-0.2, -0.15) is 10.2 Å². The van der Waals surface area contributed by atoms with E-state index in [1.165, 1.54) is 0 Å². The number of aromatic nitrogens is 4. The van der Waals surface area contributed by atoms with Gasteiger partial charge in [-0.15, -0.1) is 0 Å². The molecule has 1 aliphatic heterocycles. The van der Waals surface area contributed by atoms with Crippen LogP contribution >= 0.6 is 0 Å². The summed E-state index contributed by atoms with van der Waals surface area (Å²) in [4.78, 5) is 12.6. The monoisotopic (exact) mass is 353 g/mol. The summed E-state index contributed by atoms with van der Waals surface area (Å²) in [7, 11) is 0. The van der Waals surface area contributed by atoms with Crippen LogP contribution in [0.3, 0.4) is 0 Å². The maximum absolute atomic E-state index is 12.6. The van der Waals surface area contributed by atoms with Gasteiger partial charge in [-0.3, -0.25) is 9.89 Å². The SMILES string of the molecule is Cc1ccccc1-n1cc(C(=O)N[C@H]2COC[C@H]2Oc2cn[nH]c2)cn1. The molecule has 0 unspecified atom stereocenters. The quantitative estimate of drug-likeness (QED) is 0.725. The van der Waals surface area contributed by atoms with Crippen LogP contribution in [-0.4, -0.2) is 51.2 Å². The second-order valence-corrected chi connectivity index (χ2v) is 6.17. The first kappa shape index (κ1) is 16.3. The molecule has 3 heterocycles. The third kappa shape index (κ3) is 3.31. The molecule has 8 nitrogen and oxygen atoms in total. The first-order valence-corrected chi connectivity index (χ1v) is 8.35. The fourth-order valence-corrected chi connectivity index (χ4v) is 2.91. The van der Waals surface area contributed by atoms with E-state index in [0.717, 1.165) is 11.3 Å². The number of benzene rings is 1. The molecule has 0 aliphatic carbocycles. The highest BCUT2D eigenvalue weighted by atomic mass is 16.5. The van der Waals surface area contributed by atoms with E-state index < -0.39 is 0 Å². The lowest BCUT2D eigenvalue weighted by Crippen LogP contribution is -2.45. The number of H-pyrrole nitrogens is 1. The molecule has 0 spiro atoms. The lowest BCUT2D eigenvalue weighted by Gasteiger charge is -2.19. The van der Waals surface area contributed by atoms with Gasteiger partial charge in [0.25, 0.3) is 5.91 Å². The fourth-order valence-electron chi connectivity index (χ4n) is 2.91. The predicted octanol–water partition coefficient (Wildman–Crippen LogP) is 1.48. The molecular formula is C18H19N5O3. The number of nitrogens with one attached hydrogen (secondary N) is 2. The minimum absolute atomic E-state index is 0.207. The molecular weight excluding hydrogens is 334 g/mol. The van der Waals surface area contributed by atoms with Gasteiger partial charge in [0, 0.05) is 6.20 Å². The van der Waals surface area contributed by atoms with Crippen molar-refractivity contribution in [1.29, 1.82) is 0 Å². The zero-order valence-corrected chi connectivity index (χ0v) is 14.3. The van der Waals surface area contributed by atoms with Crippen molar-refractivity contribution in [1.82, 2.24) is 25.3 Å². The van der Waals surface area contributed by atoms with Crippen LogP contribution in [0.1, 0.15) is 15.9 Å². The second kappa shape index (κ2) is 7.01. The fraction of sp³-hybridized carbons (Fsp3) is 0.278. The molecule has 1 aliphatic rings. The summed E-state index contributed by atoms with van der Waals surface area (Å²) in [6, 6.07) is 7.64. The van der Waals surface area contributed by atoms with Crippen LogP contribution in [0.15, 0.2) is 49.1 Å². The third-order valence-corrected chi connectivity index (χ3v) is 4.31. The van der Waals surface area contributed by atoms with Gasteiger partial charge in [-0.05, 0) is 18.6 Å². The van der Waals surface area contributed by atoms with Crippen LogP contribution in [0.25, 0.3) is 5.69 Å². The van der Waals surface area contributed by atoms with Gasteiger partial charge in [0.1, 0.15) is 6.10 Å². The van der Waals surface area contributed by atoms with E-state index in [9.17, 15) is 4.79 Å². The molecule has 1 aromatic carbocycles. The van der Waals surface area contributed by atoms with E-state index in [4.69, 9.17) is 9.47 Å². The molecule has 2 aromatic heterocycles.